The van der Waals surface area contributed by atoms with Crippen molar-refractivity contribution in [3.8, 4) is 5.75 Å². The van der Waals surface area contributed by atoms with Crippen molar-refractivity contribution in [1.29, 1.82) is 0 Å². The van der Waals surface area contributed by atoms with E-state index >= 15 is 0 Å². The zero-order valence-corrected chi connectivity index (χ0v) is 30.6. The van der Waals surface area contributed by atoms with Crippen LogP contribution in [0.2, 0.25) is 5.02 Å². The minimum absolute atomic E-state index is 0.217. The number of hydrogen-bond donors (Lipinski definition) is 0. The molecule has 0 aromatic heterocycles. The quantitative estimate of drug-likeness (QED) is 0.101. The van der Waals surface area contributed by atoms with E-state index in [4.69, 9.17) is 40.0 Å². The third-order valence-electron chi connectivity index (χ3n) is 9.38. The second-order valence-electron chi connectivity index (χ2n) is 12.9. The zero-order chi connectivity index (χ0) is 36.3. The number of ether oxygens (including phenoxy) is 6. The first-order valence-corrected chi connectivity index (χ1v) is 18.2. The van der Waals surface area contributed by atoms with E-state index in [1.807, 2.05) is 122 Å². The van der Waals surface area contributed by atoms with Gasteiger partial charge in [0.05, 0.1) is 32.5 Å². The SMILES string of the molecule is CCOc1ccc(Cc2cc(C3(OC)OC(CC)C(OCc4ccccc4)C(OCc4ccccc4)C3OCc3ccccc3)ccc2Cl)cc1F. The van der Waals surface area contributed by atoms with E-state index in [0.717, 1.165) is 27.8 Å². The first kappa shape index (κ1) is 37.7. The van der Waals surface area contributed by atoms with Crippen LogP contribution in [-0.2, 0) is 55.7 Å². The van der Waals surface area contributed by atoms with Crippen molar-refractivity contribution in [2.45, 2.75) is 76.7 Å². The maximum atomic E-state index is 14.9. The van der Waals surface area contributed by atoms with E-state index < -0.39 is 36.0 Å². The molecule has 0 spiro atoms. The number of methoxy groups -OCH3 is 1. The molecule has 5 aromatic rings. The van der Waals surface area contributed by atoms with Crippen LogP contribution in [0, 0.1) is 5.82 Å². The van der Waals surface area contributed by atoms with Crippen molar-refractivity contribution in [3.63, 3.8) is 0 Å². The minimum atomic E-state index is -1.42. The summed E-state index contributed by atoms with van der Waals surface area (Å²) in [5.74, 6) is -1.63. The first-order chi connectivity index (χ1) is 25.4. The largest absolute Gasteiger partial charge is 0.491 e. The Hall–Kier alpha value is -4.08. The Morgan fingerprint density at radius 1 is 0.673 bits per heavy atom. The summed E-state index contributed by atoms with van der Waals surface area (Å²) in [6, 6.07) is 40.8. The highest BCUT2D eigenvalue weighted by Crippen LogP contribution is 2.45. The molecule has 272 valence electrons. The van der Waals surface area contributed by atoms with Crippen molar-refractivity contribution in [2.75, 3.05) is 13.7 Å². The molecule has 1 fully saturated rings. The molecule has 8 heteroatoms. The maximum absolute atomic E-state index is 14.9. The third kappa shape index (κ3) is 8.92. The summed E-state index contributed by atoms with van der Waals surface area (Å²) in [5, 5.41) is 0.537. The van der Waals surface area contributed by atoms with Crippen LogP contribution in [0.15, 0.2) is 127 Å². The lowest BCUT2D eigenvalue weighted by Gasteiger charge is -2.52. The van der Waals surface area contributed by atoms with Crippen LogP contribution in [-0.4, -0.2) is 38.1 Å². The molecule has 5 aromatic carbocycles. The fourth-order valence-electron chi connectivity index (χ4n) is 6.75. The van der Waals surface area contributed by atoms with Crippen molar-refractivity contribution < 1.29 is 32.8 Å². The van der Waals surface area contributed by atoms with Gasteiger partial charge in [0.25, 0.3) is 0 Å². The Morgan fingerprint density at radius 3 is 1.79 bits per heavy atom. The molecule has 6 nitrogen and oxygen atoms in total. The molecule has 0 N–H and O–H groups in total. The Bertz CT molecular complexity index is 1840. The molecular weight excluding hydrogens is 679 g/mol. The summed E-state index contributed by atoms with van der Waals surface area (Å²) in [7, 11) is 1.63. The predicted molar refractivity (Wildman–Crippen MR) is 201 cm³/mol. The molecule has 0 aliphatic carbocycles. The molecule has 5 atom stereocenters. The predicted octanol–water partition coefficient (Wildman–Crippen LogP) is 9.83. The molecule has 0 amide bonds. The van der Waals surface area contributed by atoms with Crippen LogP contribution in [0.5, 0.6) is 5.75 Å². The lowest BCUT2D eigenvalue weighted by Crippen LogP contribution is -2.65. The highest BCUT2D eigenvalue weighted by Gasteiger charge is 2.58. The Morgan fingerprint density at radius 2 is 1.25 bits per heavy atom. The van der Waals surface area contributed by atoms with Gasteiger partial charge >= 0.3 is 0 Å². The summed E-state index contributed by atoms with van der Waals surface area (Å²) < 4.78 is 54.4. The lowest BCUT2D eigenvalue weighted by molar-refractivity contribution is -0.382. The van der Waals surface area contributed by atoms with Gasteiger partial charge < -0.3 is 28.4 Å². The van der Waals surface area contributed by atoms with Gasteiger partial charge in [0.15, 0.2) is 11.6 Å². The molecule has 1 aliphatic rings. The van der Waals surface area contributed by atoms with Crippen molar-refractivity contribution >= 4 is 11.6 Å². The standard InChI is InChI=1S/C44H46ClFO6/c1-4-39-41(49-28-31-15-9-6-10-16-31)42(50-29-32-17-11-7-12-18-32)43(51-30-33-19-13-8-14-20-33)44(47-3,52-39)36-22-23-37(45)35(27-36)25-34-21-24-40(48-5-2)38(46)26-34/h6-24,26-27,39,41-43H,4-5,25,28-30H2,1-3H3. The van der Waals surface area contributed by atoms with E-state index in [-0.39, 0.29) is 12.4 Å². The van der Waals surface area contributed by atoms with Gasteiger partial charge in [0.2, 0.25) is 5.79 Å². The van der Waals surface area contributed by atoms with E-state index in [2.05, 4.69) is 6.92 Å². The van der Waals surface area contributed by atoms with Crippen LogP contribution < -0.4 is 4.74 Å². The van der Waals surface area contributed by atoms with Crippen LogP contribution in [0.4, 0.5) is 4.39 Å². The summed E-state index contributed by atoms with van der Waals surface area (Å²) >= 11 is 6.82. The maximum Gasteiger partial charge on any atom is 0.224 e. The smallest absolute Gasteiger partial charge is 0.224 e. The summed E-state index contributed by atoms with van der Waals surface area (Å²) in [5.41, 5.74) is 5.28. The Balaban J connectivity index is 1.41. The molecule has 52 heavy (non-hydrogen) atoms. The highest BCUT2D eigenvalue weighted by molar-refractivity contribution is 6.31. The number of benzene rings is 5. The van der Waals surface area contributed by atoms with Gasteiger partial charge in [-0.25, -0.2) is 4.39 Å². The average molecular weight is 725 g/mol. The summed E-state index contributed by atoms with van der Waals surface area (Å²) in [6.45, 7) is 5.24. The highest BCUT2D eigenvalue weighted by atomic mass is 35.5. The first-order valence-electron chi connectivity index (χ1n) is 17.8. The van der Waals surface area contributed by atoms with Crippen LogP contribution >= 0.6 is 11.6 Å². The average Bonchev–Trinajstić information content (AvgIpc) is 3.18. The number of rotatable bonds is 16. The Labute approximate surface area is 311 Å². The molecule has 0 bridgehead atoms. The molecule has 5 unspecified atom stereocenters. The fraction of sp³-hybridized carbons (Fsp3) is 0.318. The van der Waals surface area contributed by atoms with Gasteiger partial charge in [-0.15, -0.1) is 0 Å². The molecule has 0 radical (unpaired) electrons. The minimum Gasteiger partial charge on any atom is -0.491 e. The van der Waals surface area contributed by atoms with Gasteiger partial charge in [-0.3, -0.25) is 0 Å². The van der Waals surface area contributed by atoms with E-state index in [1.165, 1.54) is 6.07 Å². The second kappa shape index (κ2) is 18.1. The molecule has 1 heterocycles. The van der Waals surface area contributed by atoms with Crippen molar-refractivity contribution in [2.24, 2.45) is 0 Å². The third-order valence-corrected chi connectivity index (χ3v) is 9.75. The van der Waals surface area contributed by atoms with Gasteiger partial charge in [-0.1, -0.05) is 122 Å². The number of hydrogen-bond acceptors (Lipinski definition) is 6. The van der Waals surface area contributed by atoms with E-state index in [9.17, 15) is 4.39 Å². The second-order valence-corrected chi connectivity index (χ2v) is 13.3. The fourth-order valence-corrected chi connectivity index (χ4v) is 6.93. The van der Waals surface area contributed by atoms with Crippen LogP contribution in [0.25, 0.3) is 0 Å². The van der Waals surface area contributed by atoms with Gasteiger partial charge in [0, 0.05) is 17.7 Å². The van der Waals surface area contributed by atoms with Crippen molar-refractivity contribution in [1.82, 2.24) is 0 Å². The normalized spacial score (nSPS) is 21.6. The van der Waals surface area contributed by atoms with Gasteiger partial charge in [0.1, 0.15) is 18.3 Å². The molecule has 1 aliphatic heterocycles. The monoisotopic (exact) mass is 724 g/mol. The van der Waals surface area contributed by atoms with E-state index in [1.54, 1.807) is 13.2 Å². The van der Waals surface area contributed by atoms with E-state index in [0.29, 0.717) is 43.2 Å². The van der Waals surface area contributed by atoms with Crippen LogP contribution in [0.3, 0.4) is 0 Å². The molecule has 1 saturated heterocycles. The van der Waals surface area contributed by atoms with Gasteiger partial charge in [-0.05, 0) is 71.8 Å². The number of halogens is 2. The molecular formula is C44H46ClFO6. The van der Waals surface area contributed by atoms with Gasteiger partial charge in [-0.2, -0.15) is 0 Å². The topological polar surface area (TPSA) is 55.4 Å². The zero-order valence-electron chi connectivity index (χ0n) is 29.9. The van der Waals surface area contributed by atoms with Crippen molar-refractivity contribution in [3.05, 3.63) is 172 Å². The molecule has 6 rings (SSSR count). The summed E-state index contributed by atoms with van der Waals surface area (Å²) in [6.07, 6.45) is -1.35. The Kier molecular flexibility index (Phi) is 13.1. The lowest BCUT2D eigenvalue weighted by atomic mass is 9.85. The van der Waals surface area contributed by atoms with Crippen LogP contribution in [0.1, 0.15) is 53.6 Å². The molecule has 0 saturated carbocycles. The summed E-state index contributed by atoms with van der Waals surface area (Å²) in [4.78, 5) is 0.